The van der Waals surface area contributed by atoms with Crippen molar-refractivity contribution in [1.82, 2.24) is 25.1 Å². The van der Waals surface area contributed by atoms with Gasteiger partial charge in [0.2, 0.25) is 5.95 Å². The molecule has 4 rings (SSSR count). The molecular weight excluding hydrogens is 312 g/mol. The average Bonchev–Trinajstić information content (AvgIpc) is 3.18. The highest BCUT2D eigenvalue weighted by molar-refractivity contribution is 5.40. The van der Waals surface area contributed by atoms with Crippen LogP contribution in [0.25, 0.3) is 5.69 Å². The fourth-order valence-corrected chi connectivity index (χ4v) is 3.22. The molecule has 0 radical (unpaired) electrons. The van der Waals surface area contributed by atoms with Crippen LogP contribution in [0.2, 0.25) is 0 Å². The summed E-state index contributed by atoms with van der Waals surface area (Å²) >= 11 is 0. The molecule has 25 heavy (non-hydrogen) atoms. The molecule has 0 spiro atoms. The smallest absolute Gasteiger partial charge is 0.250 e. The zero-order valence-corrected chi connectivity index (χ0v) is 14.2. The largest absolute Gasteiger partial charge is 0.337 e. The zero-order valence-electron chi connectivity index (χ0n) is 14.2. The van der Waals surface area contributed by atoms with Gasteiger partial charge in [0.25, 0.3) is 0 Å². The van der Waals surface area contributed by atoms with Crippen molar-refractivity contribution in [2.75, 3.05) is 37.6 Å². The predicted molar refractivity (Wildman–Crippen MR) is 98.0 cm³/mol. The molecule has 6 heteroatoms. The number of nitrogens with zero attached hydrogens (tertiary/aromatic N) is 6. The second-order valence-electron chi connectivity index (χ2n) is 6.29. The topological polar surface area (TPSA) is 50.1 Å². The fourth-order valence-electron chi connectivity index (χ4n) is 3.22. The Balaban J connectivity index is 1.36. The number of benzene rings is 2. The minimum absolute atomic E-state index is 0.828. The number of piperazine rings is 1. The Morgan fingerprint density at radius 1 is 0.800 bits per heavy atom. The molecule has 2 aromatic carbocycles. The van der Waals surface area contributed by atoms with Crippen LogP contribution in [0.3, 0.4) is 0 Å². The van der Waals surface area contributed by atoms with Crippen molar-refractivity contribution in [3.8, 4) is 5.69 Å². The normalized spacial score (nSPS) is 15.4. The van der Waals surface area contributed by atoms with E-state index in [1.54, 1.807) is 0 Å². The van der Waals surface area contributed by atoms with Crippen LogP contribution in [0.1, 0.15) is 5.56 Å². The van der Waals surface area contributed by atoms with Crippen LogP contribution in [0.4, 0.5) is 5.95 Å². The van der Waals surface area contributed by atoms with Gasteiger partial charge in [-0.05, 0) is 34.5 Å². The molecule has 3 aromatic rings. The maximum absolute atomic E-state index is 4.24. The van der Waals surface area contributed by atoms with Gasteiger partial charge in [-0.3, -0.25) is 4.90 Å². The summed E-state index contributed by atoms with van der Waals surface area (Å²) in [6.07, 6.45) is 1.10. The van der Waals surface area contributed by atoms with Crippen LogP contribution in [0.5, 0.6) is 0 Å². The summed E-state index contributed by atoms with van der Waals surface area (Å²) in [7, 11) is 0. The molecule has 0 amide bonds. The van der Waals surface area contributed by atoms with Gasteiger partial charge in [0, 0.05) is 32.7 Å². The monoisotopic (exact) mass is 334 g/mol. The number of aromatic nitrogens is 4. The number of rotatable bonds is 5. The lowest BCUT2D eigenvalue weighted by atomic mass is 10.1. The summed E-state index contributed by atoms with van der Waals surface area (Å²) < 4.78 is 1.82. The highest BCUT2D eigenvalue weighted by atomic mass is 15.6. The lowest BCUT2D eigenvalue weighted by molar-refractivity contribution is 0.259. The van der Waals surface area contributed by atoms with E-state index in [1.807, 2.05) is 35.0 Å². The van der Waals surface area contributed by atoms with Crippen LogP contribution < -0.4 is 4.90 Å². The first kappa shape index (κ1) is 15.8. The summed E-state index contributed by atoms with van der Waals surface area (Å²) in [5.41, 5.74) is 2.40. The second-order valence-corrected chi connectivity index (χ2v) is 6.29. The molecule has 0 saturated carbocycles. The third-order valence-electron chi connectivity index (χ3n) is 4.67. The summed E-state index contributed by atoms with van der Waals surface area (Å²) in [4.78, 5) is 4.78. The van der Waals surface area contributed by atoms with E-state index < -0.39 is 0 Å². The highest BCUT2D eigenvalue weighted by Gasteiger charge is 2.21. The number of hydrogen-bond donors (Lipinski definition) is 0. The van der Waals surface area contributed by atoms with Gasteiger partial charge in [0.1, 0.15) is 0 Å². The van der Waals surface area contributed by atoms with E-state index in [9.17, 15) is 0 Å². The van der Waals surface area contributed by atoms with Gasteiger partial charge in [-0.25, -0.2) is 0 Å². The molecule has 128 valence electrons. The number of anilines is 1. The average molecular weight is 334 g/mol. The minimum Gasteiger partial charge on any atom is -0.337 e. The van der Waals surface area contributed by atoms with Crippen LogP contribution >= 0.6 is 0 Å². The van der Waals surface area contributed by atoms with Gasteiger partial charge >= 0.3 is 0 Å². The molecule has 0 unspecified atom stereocenters. The first-order chi connectivity index (χ1) is 12.4. The van der Waals surface area contributed by atoms with Crippen molar-refractivity contribution in [2.24, 2.45) is 0 Å². The molecule has 1 aliphatic heterocycles. The van der Waals surface area contributed by atoms with E-state index in [-0.39, 0.29) is 0 Å². The Labute approximate surface area is 147 Å². The quantitative estimate of drug-likeness (QED) is 0.714. The Kier molecular flexibility index (Phi) is 4.70. The molecule has 1 aliphatic rings. The first-order valence-electron chi connectivity index (χ1n) is 8.75. The number of para-hydroxylation sites is 1. The maximum atomic E-state index is 4.24. The van der Waals surface area contributed by atoms with E-state index in [0.717, 1.165) is 50.8 Å². The summed E-state index contributed by atoms with van der Waals surface area (Å²) in [6, 6.07) is 20.7. The van der Waals surface area contributed by atoms with Crippen LogP contribution in [0, 0.1) is 0 Å². The van der Waals surface area contributed by atoms with E-state index >= 15 is 0 Å². The molecule has 0 aliphatic carbocycles. The van der Waals surface area contributed by atoms with E-state index in [4.69, 9.17) is 0 Å². The number of hydrogen-bond acceptors (Lipinski definition) is 5. The molecule has 0 N–H and O–H groups in total. The van der Waals surface area contributed by atoms with Gasteiger partial charge in [-0.15, -0.1) is 0 Å². The van der Waals surface area contributed by atoms with Crippen molar-refractivity contribution >= 4 is 5.95 Å². The summed E-state index contributed by atoms with van der Waals surface area (Å²) in [5.74, 6) is 0.828. The minimum atomic E-state index is 0.828. The molecule has 1 fully saturated rings. The Hall–Kier alpha value is -2.73. The second kappa shape index (κ2) is 7.44. The van der Waals surface area contributed by atoms with Crippen molar-refractivity contribution in [2.45, 2.75) is 6.42 Å². The van der Waals surface area contributed by atoms with Crippen LogP contribution in [-0.2, 0) is 6.42 Å². The fraction of sp³-hybridized carbons (Fsp3) is 0.316. The third kappa shape index (κ3) is 3.69. The van der Waals surface area contributed by atoms with E-state index in [1.165, 1.54) is 5.56 Å². The van der Waals surface area contributed by atoms with Crippen molar-refractivity contribution in [3.63, 3.8) is 0 Å². The predicted octanol–water partition coefficient (Wildman–Crippen LogP) is 2.03. The standard InChI is InChI=1S/C19H22N6/c1-3-7-17(8-4-1)11-12-23-13-15-24(16-14-23)19-20-21-22-25(19)18-9-5-2-6-10-18/h1-10H,11-16H2. The number of tetrazole rings is 1. The van der Waals surface area contributed by atoms with Crippen LogP contribution in [-0.4, -0.2) is 57.8 Å². The lowest BCUT2D eigenvalue weighted by Crippen LogP contribution is -2.47. The van der Waals surface area contributed by atoms with E-state index in [2.05, 4.69) is 55.7 Å². The Bertz CT molecular complexity index is 778. The third-order valence-corrected chi connectivity index (χ3v) is 4.67. The molecule has 6 nitrogen and oxygen atoms in total. The van der Waals surface area contributed by atoms with Gasteiger partial charge in [0.15, 0.2) is 0 Å². The molecule has 1 aromatic heterocycles. The summed E-state index contributed by atoms with van der Waals surface area (Å²) in [6.45, 7) is 5.06. The van der Waals surface area contributed by atoms with Crippen molar-refractivity contribution < 1.29 is 0 Å². The first-order valence-corrected chi connectivity index (χ1v) is 8.75. The molecule has 1 saturated heterocycles. The van der Waals surface area contributed by atoms with Crippen LogP contribution in [0.15, 0.2) is 60.7 Å². The van der Waals surface area contributed by atoms with E-state index in [0.29, 0.717) is 0 Å². The summed E-state index contributed by atoms with van der Waals surface area (Å²) in [5, 5.41) is 12.3. The van der Waals surface area contributed by atoms with Gasteiger partial charge in [0.05, 0.1) is 5.69 Å². The maximum Gasteiger partial charge on any atom is 0.250 e. The Morgan fingerprint density at radius 2 is 1.48 bits per heavy atom. The highest BCUT2D eigenvalue weighted by Crippen LogP contribution is 2.17. The lowest BCUT2D eigenvalue weighted by Gasteiger charge is -2.34. The van der Waals surface area contributed by atoms with Crippen molar-refractivity contribution in [1.29, 1.82) is 0 Å². The Morgan fingerprint density at radius 3 is 2.20 bits per heavy atom. The van der Waals surface area contributed by atoms with Gasteiger partial charge in [-0.2, -0.15) is 4.68 Å². The molecule has 2 heterocycles. The molecule has 0 bridgehead atoms. The molecular formula is C19H22N6. The van der Waals surface area contributed by atoms with Gasteiger partial charge in [-0.1, -0.05) is 53.6 Å². The zero-order chi connectivity index (χ0) is 16.9. The van der Waals surface area contributed by atoms with Crippen molar-refractivity contribution in [3.05, 3.63) is 66.2 Å². The SMILES string of the molecule is c1ccc(CCN2CCN(c3nnnn3-c3ccccc3)CC2)cc1. The molecule has 0 atom stereocenters. The van der Waals surface area contributed by atoms with Gasteiger partial charge < -0.3 is 4.90 Å².